The minimum Gasteiger partial charge on any atom is -0.496 e. The fourth-order valence-electron chi connectivity index (χ4n) is 1.61. The standard InChI is InChI=1S/C14H10Br2O2/c1-18-13-8-11(16)6-7-12(13)14(17)9-2-4-10(15)5-3-9/h2-8H,1H3. The van der Waals surface area contributed by atoms with Gasteiger partial charge in [0.05, 0.1) is 12.7 Å². The Bertz CT molecular complexity index is 577. The first kappa shape index (κ1) is 13.3. The highest BCUT2D eigenvalue weighted by Crippen LogP contribution is 2.26. The molecule has 0 bridgehead atoms. The summed E-state index contributed by atoms with van der Waals surface area (Å²) in [6.07, 6.45) is 0. The first-order valence-electron chi connectivity index (χ1n) is 5.25. The van der Waals surface area contributed by atoms with Gasteiger partial charge in [-0.25, -0.2) is 0 Å². The van der Waals surface area contributed by atoms with Gasteiger partial charge in [0.25, 0.3) is 0 Å². The molecule has 0 atom stereocenters. The zero-order valence-electron chi connectivity index (χ0n) is 9.61. The molecule has 0 aliphatic rings. The Kier molecular flexibility index (Phi) is 4.19. The minimum absolute atomic E-state index is 0.0492. The van der Waals surface area contributed by atoms with E-state index in [1.165, 1.54) is 0 Å². The number of ether oxygens (including phenoxy) is 1. The van der Waals surface area contributed by atoms with Crippen molar-refractivity contribution in [2.24, 2.45) is 0 Å². The Morgan fingerprint density at radius 3 is 2.22 bits per heavy atom. The van der Waals surface area contributed by atoms with Gasteiger partial charge in [0.2, 0.25) is 0 Å². The third-order valence-corrected chi connectivity index (χ3v) is 3.54. The molecular formula is C14H10Br2O2. The molecule has 0 radical (unpaired) electrons. The van der Waals surface area contributed by atoms with Crippen molar-refractivity contribution >= 4 is 37.6 Å². The Hall–Kier alpha value is -1.13. The lowest BCUT2D eigenvalue weighted by Gasteiger charge is -2.08. The number of methoxy groups -OCH3 is 1. The Morgan fingerprint density at radius 1 is 1.00 bits per heavy atom. The Morgan fingerprint density at radius 2 is 1.61 bits per heavy atom. The van der Waals surface area contributed by atoms with Gasteiger partial charge in [0, 0.05) is 14.5 Å². The van der Waals surface area contributed by atoms with E-state index in [-0.39, 0.29) is 5.78 Å². The van der Waals surface area contributed by atoms with Crippen molar-refractivity contribution in [1.82, 2.24) is 0 Å². The third kappa shape index (κ3) is 2.82. The molecule has 2 aromatic carbocycles. The van der Waals surface area contributed by atoms with Crippen LogP contribution in [-0.4, -0.2) is 12.9 Å². The van der Waals surface area contributed by atoms with Gasteiger partial charge in [-0.2, -0.15) is 0 Å². The SMILES string of the molecule is COc1cc(Br)ccc1C(=O)c1ccc(Br)cc1. The summed E-state index contributed by atoms with van der Waals surface area (Å²) >= 11 is 6.70. The van der Waals surface area contributed by atoms with Crippen LogP contribution >= 0.6 is 31.9 Å². The number of hydrogen-bond donors (Lipinski definition) is 0. The zero-order valence-corrected chi connectivity index (χ0v) is 12.8. The molecule has 0 unspecified atom stereocenters. The normalized spacial score (nSPS) is 10.2. The van der Waals surface area contributed by atoms with E-state index in [1.54, 1.807) is 31.4 Å². The summed E-state index contributed by atoms with van der Waals surface area (Å²) in [5.74, 6) is 0.518. The van der Waals surface area contributed by atoms with Crippen molar-refractivity contribution in [1.29, 1.82) is 0 Å². The van der Waals surface area contributed by atoms with Crippen LogP contribution in [0.1, 0.15) is 15.9 Å². The summed E-state index contributed by atoms with van der Waals surface area (Å²) in [5.41, 5.74) is 1.20. The molecule has 2 aromatic rings. The molecule has 2 rings (SSSR count). The number of ketones is 1. The molecule has 0 aliphatic heterocycles. The topological polar surface area (TPSA) is 26.3 Å². The lowest BCUT2D eigenvalue weighted by molar-refractivity contribution is 0.103. The maximum atomic E-state index is 12.3. The van der Waals surface area contributed by atoms with E-state index >= 15 is 0 Å². The predicted molar refractivity (Wildman–Crippen MR) is 78.3 cm³/mol. The van der Waals surface area contributed by atoms with Gasteiger partial charge in [-0.3, -0.25) is 4.79 Å². The first-order chi connectivity index (χ1) is 8.61. The quantitative estimate of drug-likeness (QED) is 0.747. The summed E-state index contributed by atoms with van der Waals surface area (Å²) in [6, 6.07) is 12.6. The molecule has 0 aliphatic carbocycles. The van der Waals surface area contributed by atoms with E-state index in [4.69, 9.17) is 4.74 Å². The molecule has 92 valence electrons. The Labute approximate surface area is 122 Å². The predicted octanol–water partition coefficient (Wildman–Crippen LogP) is 4.45. The molecule has 0 amide bonds. The molecular weight excluding hydrogens is 360 g/mol. The van der Waals surface area contributed by atoms with Gasteiger partial charge in [-0.1, -0.05) is 31.9 Å². The van der Waals surface area contributed by atoms with Gasteiger partial charge in [0.1, 0.15) is 5.75 Å². The second-order valence-electron chi connectivity index (χ2n) is 3.68. The summed E-state index contributed by atoms with van der Waals surface area (Å²) in [5, 5.41) is 0. The van der Waals surface area contributed by atoms with E-state index in [0.29, 0.717) is 16.9 Å². The molecule has 18 heavy (non-hydrogen) atoms. The van der Waals surface area contributed by atoms with Gasteiger partial charge < -0.3 is 4.74 Å². The van der Waals surface area contributed by atoms with Crippen molar-refractivity contribution in [3.63, 3.8) is 0 Å². The largest absolute Gasteiger partial charge is 0.496 e. The average molecular weight is 370 g/mol. The number of halogens is 2. The van der Waals surface area contributed by atoms with Gasteiger partial charge in [-0.15, -0.1) is 0 Å². The molecule has 0 saturated carbocycles. The average Bonchev–Trinajstić information content (AvgIpc) is 2.38. The molecule has 0 spiro atoms. The maximum Gasteiger partial charge on any atom is 0.196 e. The highest BCUT2D eigenvalue weighted by Gasteiger charge is 2.14. The summed E-state index contributed by atoms with van der Waals surface area (Å²) in [6.45, 7) is 0. The lowest BCUT2D eigenvalue weighted by atomic mass is 10.0. The van der Waals surface area contributed by atoms with Gasteiger partial charge >= 0.3 is 0 Å². The fraction of sp³-hybridized carbons (Fsp3) is 0.0714. The second-order valence-corrected chi connectivity index (χ2v) is 5.51. The van der Waals surface area contributed by atoms with Gasteiger partial charge in [-0.05, 0) is 42.5 Å². The highest BCUT2D eigenvalue weighted by atomic mass is 79.9. The van der Waals surface area contributed by atoms with Crippen LogP contribution in [-0.2, 0) is 0 Å². The molecule has 0 saturated heterocycles. The van der Waals surface area contributed by atoms with Crippen molar-refractivity contribution in [3.05, 3.63) is 62.5 Å². The van der Waals surface area contributed by atoms with Crippen molar-refractivity contribution < 1.29 is 9.53 Å². The van der Waals surface area contributed by atoms with Crippen LogP contribution in [0.5, 0.6) is 5.75 Å². The molecule has 0 fully saturated rings. The number of benzene rings is 2. The molecule has 0 N–H and O–H groups in total. The van der Waals surface area contributed by atoms with Crippen LogP contribution in [0, 0.1) is 0 Å². The Balaban J connectivity index is 2.42. The van der Waals surface area contributed by atoms with Crippen LogP contribution in [0.2, 0.25) is 0 Å². The van der Waals surface area contributed by atoms with E-state index in [2.05, 4.69) is 31.9 Å². The molecule has 0 aromatic heterocycles. The molecule has 0 heterocycles. The van der Waals surface area contributed by atoms with Crippen LogP contribution in [0.3, 0.4) is 0 Å². The van der Waals surface area contributed by atoms with Crippen LogP contribution < -0.4 is 4.74 Å². The van der Waals surface area contributed by atoms with Gasteiger partial charge in [0.15, 0.2) is 5.78 Å². The number of carbonyl (C=O) groups is 1. The number of carbonyl (C=O) groups excluding carboxylic acids is 1. The van der Waals surface area contributed by atoms with E-state index < -0.39 is 0 Å². The summed E-state index contributed by atoms with van der Waals surface area (Å²) in [7, 11) is 1.56. The highest BCUT2D eigenvalue weighted by molar-refractivity contribution is 9.10. The summed E-state index contributed by atoms with van der Waals surface area (Å²) < 4.78 is 7.06. The monoisotopic (exact) mass is 368 g/mol. The third-order valence-electron chi connectivity index (χ3n) is 2.51. The minimum atomic E-state index is -0.0492. The maximum absolute atomic E-state index is 12.3. The van der Waals surface area contributed by atoms with Crippen LogP contribution in [0.4, 0.5) is 0 Å². The van der Waals surface area contributed by atoms with E-state index in [9.17, 15) is 4.79 Å². The lowest BCUT2D eigenvalue weighted by Crippen LogP contribution is -2.03. The van der Waals surface area contributed by atoms with Crippen LogP contribution in [0.15, 0.2) is 51.4 Å². The first-order valence-corrected chi connectivity index (χ1v) is 6.84. The number of hydrogen-bond acceptors (Lipinski definition) is 2. The zero-order chi connectivity index (χ0) is 13.1. The fourth-order valence-corrected chi connectivity index (χ4v) is 2.21. The van der Waals surface area contributed by atoms with Crippen LogP contribution in [0.25, 0.3) is 0 Å². The van der Waals surface area contributed by atoms with E-state index in [1.807, 2.05) is 18.2 Å². The summed E-state index contributed by atoms with van der Waals surface area (Å²) in [4.78, 5) is 12.3. The molecule has 4 heteroatoms. The van der Waals surface area contributed by atoms with Crippen molar-refractivity contribution in [3.8, 4) is 5.75 Å². The molecule has 2 nitrogen and oxygen atoms in total. The van der Waals surface area contributed by atoms with E-state index in [0.717, 1.165) is 8.95 Å². The number of rotatable bonds is 3. The van der Waals surface area contributed by atoms with Crippen molar-refractivity contribution in [2.45, 2.75) is 0 Å². The smallest absolute Gasteiger partial charge is 0.196 e. The van der Waals surface area contributed by atoms with Crippen molar-refractivity contribution in [2.75, 3.05) is 7.11 Å². The second kappa shape index (κ2) is 5.67.